The number of benzene rings is 1. The largest absolute Gasteiger partial charge is 0.326 e. The number of rotatable bonds is 4. The van der Waals surface area contributed by atoms with Crippen LogP contribution < -0.4 is 11.1 Å². The molecule has 3 N–H and O–H groups in total. The fourth-order valence-corrected chi connectivity index (χ4v) is 1.89. The zero-order valence-electron chi connectivity index (χ0n) is 10.7. The topological polar surface area (TPSA) is 55.1 Å². The first-order valence-electron chi connectivity index (χ1n) is 5.75. The van der Waals surface area contributed by atoms with Gasteiger partial charge in [0.1, 0.15) is 0 Å². The maximum atomic E-state index is 11.6. The summed E-state index contributed by atoms with van der Waals surface area (Å²) in [5.41, 5.74) is 8.08. The highest BCUT2D eigenvalue weighted by Crippen LogP contribution is 2.14. The molecule has 0 atom stereocenters. The van der Waals surface area contributed by atoms with E-state index in [-0.39, 0.29) is 5.91 Å². The van der Waals surface area contributed by atoms with Gasteiger partial charge in [-0.25, -0.2) is 0 Å². The van der Waals surface area contributed by atoms with Crippen molar-refractivity contribution in [2.75, 3.05) is 23.9 Å². The molecule has 0 fully saturated rings. The third-order valence-corrected chi connectivity index (χ3v) is 2.84. The van der Waals surface area contributed by atoms with E-state index in [1.165, 1.54) is 0 Å². The third-order valence-electron chi connectivity index (χ3n) is 2.23. The number of nitrogens with two attached hydrogens (primary N) is 1. The number of hydrogen-bond donors (Lipinski definition) is 2. The summed E-state index contributed by atoms with van der Waals surface area (Å²) >= 11 is 1.66. The van der Waals surface area contributed by atoms with E-state index in [1.807, 2.05) is 31.4 Å². The van der Waals surface area contributed by atoms with Gasteiger partial charge in [0.15, 0.2) is 0 Å². The van der Waals surface area contributed by atoms with Crippen molar-refractivity contribution in [1.82, 2.24) is 0 Å². The zero-order chi connectivity index (χ0) is 13.4. The molecule has 18 heavy (non-hydrogen) atoms. The second-order valence-electron chi connectivity index (χ2n) is 3.88. The normalized spacial score (nSPS) is 9.50. The van der Waals surface area contributed by atoms with Gasteiger partial charge in [-0.15, -0.1) is 0 Å². The Morgan fingerprint density at radius 3 is 2.89 bits per heavy atom. The number of hydrogen-bond acceptors (Lipinski definition) is 3. The molecule has 1 aromatic rings. The molecule has 4 heteroatoms. The molecule has 0 saturated carbocycles. The summed E-state index contributed by atoms with van der Waals surface area (Å²) in [6, 6.07) is 5.78. The lowest BCUT2D eigenvalue weighted by molar-refractivity contribution is -0.115. The smallest absolute Gasteiger partial charge is 0.225 e. The van der Waals surface area contributed by atoms with Gasteiger partial charge in [0.25, 0.3) is 0 Å². The number of nitrogens with one attached hydrogen (secondary N) is 1. The van der Waals surface area contributed by atoms with Crippen LogP contribution in [-0.4, -0.2) is 24.5 Å². The Morgan fingerprint density at radius 2 is 2.22 bits per heavy atom. The Labute approximate surface area is 113 Å². The van der Waals surface area contributed by atoms with Crippen molar-refractivity contribution in [1.29, 1.82) is 0 Å². The summed E-state index contributed by atoms with van der Waals surface area (Å²) in [4.78, 5) is 11.6. The minimum Gasteiger partial charge on any atom is -0.326 e. The fourth-order valence-electron chi connectivity index (χ4n) is 1.50. The molecule has 1 aromatic carbocycles. The van der Waals surface area contributed by atoms with E-state index in [0.717, 1.165) is 22.6 Å². The molecule has 0 heterocycles. The lowest BCUT2D eigenvalue weighted by Crippen LogP contribution is -2.12. The van der Waals surface area contributed by atoms with Gasteiger partial charge in [-0.05, 0) is 36.9 Å². The first-order valence-corrected chi connectivity index (χ1v) is 7.14. The summed E-state index contributed by atoms with van der Waals surface area (Å²) in [5.74, 6) is 6.65. The predicted octanol–water partition coefficient (Wildman–Crippen LogP) is 2.00. The van der Waals surface area contributed by atoms with Crippen molar-refractivity contribution in [3.05, 3.63) is 29.3 Å². The molecule has 0 aliphatic heterocycles. The maximum Gasteiger partial charge on any atom is 0.225 e. The molecular weight excluding hydrogens is 244 g/mol. The van der Waals surface area contributed by atoms with Crippen LogP contribution >= 0.6 is 11.8 Å². The molecule has 1 amide bonds. The Balaban J connectivity index is 2.76. The SMILES string of the molecule is CSCCC(=O)Nc1cc(C)cc(C#CCN)c1. The van der Waals surface area contributed by atoms with Crippen LogP contribution in [0.5, 0.6) is 0 Å². The average molecular weight is 262 g/mol. The minimum atomic E-state index is 0.0349. The molecule has 0 radical (unpaired) electrons. The van der Waals surface area contributed by atoms with Crippen LogP contribution in [0, 0.1) is 18.8 Å². The number of thioether (sulfide) groups is 1. The molecular formula is C14H18N2OS. The van der Waals surface area contributed by atoms with Crippen molar-refractivity contribution < 1.29 is 4.79 Å². The standard InChI is InChI=1S/C14H18N2OS/c1-11-8-12(4-3-6-15)10-13(9-11)16-14(17)5-7-18-2/h8-10H,5-7,15H2,1-2H3,(H,16,17). The van der Waals surface area contributed by atoms with Crippen molar-refractivity contribution in [2.24, 2.45) is 5.73 Å². The van der Waals surface area contributed by atoms with Crippen LogP contribution in [0.2, 0.25) is 0 Å². The van der Waals surface area contributed by atoms with Gasteiger partial charge < -0.3 is 11.1 Å². The molecule has 0 aromatic heterocycles. The lowest BCUT2D eigenvalue weighted by atomic mass is 10.1. The summed E-state index contributed by atoms with van der Waals surface area (Å²) in [6.07, 6.45) is 2.51. The van der Waals surface area contributed by atoms with Gasteiger partial charge in [0.05, 0.1) is 6.54 Å². The van der Waals surface area contributed by atoms with E-state index >= 15 is 0 Å². The van der Waals surface area contributed by atoms with Crippen molar-refractivity contribution in [3.8, 4) is 11.8 Å². The summed E-state index contributed by atoms with van der Waals surface area (Å²) in [6.45, 7) is 2.31. The molecule has 0 aliphatic carbocycles. The van der Waals surface area contributed by atoms with Crippen molar-refractivity contribution in [2.45, 2.75) is 13.3 Å². The van der Waals surface area contributed by atoms with E-state index in [0.29, 0.717) is 13.0 Å². The van der Waals surface area contributed by atoms with Crippen LogP contribution in [0.4, 0.5) is 5.69 Å². The zero-order valence-corrected chi connectivity index (χ0v) is 11.6. The van der Waals surface area contributed by atoms with Gasteiger partial charge in [-0.2, -0.15) is 11.8 Å². The molecule has 0 aliphatic rings. The van der Waals surface area contributed by atoms with Gasteiger partial charge in [0, 0.05) is 23.4 Å². The molecule has 0 spiro atoms. The Hall–Kier alpha value is -1.44. The minimum absolute atomic E-state index is 0.0349. The lowest BCUT2D eigenvalue weighted by Gasteiger charge is -2.06. The van der Waals surface area contributed by atoms with Gasteiger partial charge >= 0.3 is 0 Å². The quantitative estimate of drug-likeness (QED) is 0.816. The van der Waals surface area contributed by atoms with Gasteiger partial charge in [-0.3, -0.25) is 4.79 Å². The molecule has 1 rings (SSSR count). The van der Waals surface area contributed by atoms with Gasteiger partial charge in [0.2, 0.25) is 5.91 Å². The second kappa shape index (κ2) is 7.80. The number of carbonyl (C=O) groups is 1. The van der Waals surface area contributed by atoms with E-state index < -0.39 is 0 Å². The van der Waals surface area contributed by atoms with Crippen LogP contribution in [0.3, 0.4) is 0 Å². The molecule has 0 unspecified atom stereocenters. The molecule has 0 saturated heterocycles. The van der Waals surface area contributed by atoms with Crippen molar-refractivity contribution >= 4 is 23.4 Å². The first kappa shape index (κ1) is 14.6. The fraction of sp³-hybridized carbons (Fsp3) is 0.357. The highest BCUT2D eigenvalue weighted by Gasteiger charge is 2.03. The molecule has 0 bridgehead atoms. The summed E-state index contributed by atoms with van der Waals surface area (Å²) in [5, 5.41) is 2.88. The predicted molar refractivity (Wildman–Crippen MR) is 78.7 cm³/mol. The summed E-state index contributed by atoms with van der Waals surface area (Å²) in [7, 11) is 0. The van der Waals surface area contributed by atoms with Crippen molar-refractivity contribution in [3.63, 3.8) is 0 Å². The van der Waals surface area contributed by atoms with Crippen LogP contribution in [0.25, 0.3) is 0 Å². The number of amides is 1. The third kappa shape index (κ3) is 5.26. The highest BCUT2D eigenvalue weighted by molar-refractivity contribution is 7.98. The monoisotopic (exact) mass is 262 g/mol. The average Bonchev–Trinajstić information content (AvgIpc) is 2.33. The molecule has 3 nitrogen and oxygen atoms in total. The number of anilines is 1. The van der Waals surface area contributed by atoms with E-state index in [1.54, 1.807) is 11.8 Å². The van der Waals surface area contributed by atoms with Crippen LogP contribution in [0.15, 0.2) is 18.2 Å². The van der Waals surface area contributed by atoms with E-state index in [2.05, 4.69) is 17.2 Å². The van der Waals surface area contributed by atoms with E-state index in [4.69, 9.17) is 5.73 Å². The van der Waals surface area contributed by atoms with Crippen LogP contribution in [0.1, 0.15) is 17.5 Å². The Morgan fingerprint density at radius 1 is 1.44 bits per heavy atom. The highest BCUT2D eigenvalue weighted by atomic mass is 32.2. The first-order chi connectivity index (χ1) is 8.65. The van der Waals surface area contributed by atoms with E-state index in [9.17, 15) is 4.79 Å². The summed E-state index contributed by atoms with van der Waals surface area (Å²) < 4.78 is 0. The maximum absolute atomic E-state index is 11.6. The second-order valence-corrected chi connectivity index (χ2v) is 4.87. The molecule has 96 valence electrons. The van der Waals surface area contributed by atoms with Crippen LogP contribution in [-0.2, 0) is 4.79 Å². The Bertz CT molecular complexity index is 474. The number of carbonyl (C=O) groups excluding carboxylic acids is 1. The van der Waals surface area contributed by atoms with Gasteiger partial charge in [-0.1, -0.05) is 11.8 Å². The Kier molecular flexibility index (Phi) is 6.34. The number of aryl methyl sites for hydroxylation is 1.